The Balaban J connectivity index is 2.36. The minimum atomic E-state index is -1.06. The predicted molar refractivity (Wildman–Crippen MR) is 78.0 cm³/mol. The molecule has 21 heavy (non-hydrogen) atoms. The van der Waals surface area contributed by atoms with E-state index in [1.54, 1.807) is 13.2 Å². The summed E-state index contributed by atoms with van der Waals surface area (Å²) in [6.07, 6.45) is 1.65. The number of aryl methyl sites for hydroxylation is 1. The van der Waals surface area contributed by atoms with E-state index in [0.717, 1.165) is 16.5 Å². The van der Waals surface area contributed by atoms with E-state index in [1.807, 2.05) is 30.3 Å². The molecule has 0 saturated heterocycles. The van der Waals surface area contributed by atoms with Crippen molar-refractivity contribution in [1.82, 2.24) is 14.3 Å². The fourth-order valence-electron chi connectivity index (χ4n) is 2.47. The maximum atomic E-state index is 12.3. The second kappa shape index (κ2) is 4.90. The molecule has 0 aliphatic rings. The molecule has 106 valence electrons. The Morgan fingerprint density at radius 2 is 2.00 bits per heavy atom. The van der Waals surface area contributed by atoms with Gasteiger partial charge in [-0.15, -0.1) is 0 Å². The molecule has 0 spiro atoms. The summed E-state index contributed by atoms with van der Waals surface area (Å²) in [4.78, 5) is 23.2. The highest BCUT2D eigenvalue weighted by Gasteiger charge is 2.15. The predicted octanol–water partition coefficient (Wildman–Crippen LogP) is 1.49. The zero-order valence-electron chi connectivity index (χ0n) is 11.4. The average Bonchev–Trinajstić information content (AvgIpc) is 2.84. The molecule has 2 heterocycles. The second-order valence-corrected chi connectivity index (χ2v) is 4.75. The molecule has 0 saturated carbocycles. The lowest BCUT2D eigenvalue weighted by Gasteiger charge is -2.10. The van der Waals surface area contributed by atoms with Crippen LogP contribution in [0.4, 0.5) is 0 Å². The summed E-state index contributed by atoms with van der Waals surface area (Å²) in [6.45, 7) is -0.385. The van der Waals surface area contributed by atoms with Crippen molar-refractivity contribution >= 4 is 17.0 Å². The number of rotatable bonds is 3. The van der Waals surface area contributed by atoms with Gasteiger partial charge in [-0.2, -0.15) is 5.10 Å². The fourth-order valence-corrected chi connectivity index (χ4v) is 2.47. The summed E-state index contributed by atoms with van der Waals surface area (Å²) in [5.41, 5.74) is 1.80. The Bertz CT molecular complexity index is 878. The van der Waals surface area contributed by atoms with Gasteiger partial charge in [0.05, 0.1) is 6.20 Å². The first kappa shape index (κ1) is 13.1. The second-order valence-electron chi connectivity index (χ2n) is 4.75. The summed E-state index contributed by atoms with van der Waals surface area (Å²) in [5, 5.41) is 13.9. The van der Waals surface area contributed by atoms with Gasteiger partial charge in [-0.05, 0) is 11.1 Å². The van der Waals surface area contributed by atoms with E-state index in [2.05, 4.69) is 5.10 Å². The molecule has 0 unspecified atom stereocenters. The first-order valence-corrected chi connectivity index (χ1v) is 6.40. The van der Waals surface area contributed by atoms with Crippen LogP contribution in [0, 0.1) is 0 Å². The van der Waals surface area contributed by atoms with Gasteiger partial charge >= 0.3 is 5.97 Å². The Hall–Kier alpha value is -2.89. The molecule has 0 aliphatic carbocycles. The van der Waals surface area contributed by atoms with Crippen molar-refractivity contribution in [2.24, 2.45) is 7.05 Å². The van der Waals surface area contributed by atoms with Crippen molar-refractivity contribution < 1.29 is 9.90 Å². The SMILES string of the molecule is Cn1ncc2c(-c3ccccc3)cc(=O)n(CC(=O)O)c21. The molecule has 2 aromatic heterocycles. The van der Waals surface area contributed by atoms with Crippen LogP contribution in [0.5, 0.6) is 0 Å². The van der Waals surface area contributed by atoms with Crippen LogP contribution in [0.15, 0.2) is 47.4 Å². The molecule has 0 amide bonds. The van der Waals surface area contributed by atoms with Gasteiger partial charge in [0.1, 0.15) is 12.2 Å². The molecule has 0 bridgehead atoms. The van der Waals surface area contributed by atoms with Crippen molar-refractivity contribution in [3.05, 3.63) is 52.9 Å². The highest BCUT2D eigenvalue weighted by Crippen LogP contribution is 2.26. The lowest BCUT2D eigenvalue weighted by Crippen LogP contribution is -2.25. The maximum Gasteiger partial charge on any atom is 0.323 e. The molecule has 1 N–H and O–H groups in total. The van der Waals surface area contributed by atoms with Crippen LogP contribution in [0.2, 0.25) is 0 Å². The van der Waals surface area contributed by atoms with Gasteiger partial charge in [-0.3, -0.25) is 18.8 Å². The standard InChI is InChI=1S/C15H13N3O3/c1-17-15-12(8-16-17)11(10-5-3-2-4-6-10)7-13(19)18(15)9-14(20)21/h2-8H,9H2,1H3,(H,20,21). The van der Waals surface area contributed by atoms with E-state index < -0.39 is 5.97 Å². The summed E-state index contributed by atoms with van der Waals surface area (Å²) in [5.74, 6) is -1.06. The lowest BCUT2D eigenvalue weighted by molar-refractivity contribution is -0.137. The lowest BCUT2D eigenvalue weighted by atomic mass is 10.0. The molecule has 1 aromatic carbocycles. The molecular weight excluding hydrogens is 270 g/mol. The number of pyridine rings is 1. The van der Waals surface area contributed by atoms with E-state index in [1.165, 1.54) is 15.3 Å². The number of carbonyl (C=O) groups is 1. The number of hydrogen-bond acceptors (Lipinski definition) is 3. The molecule has 6 heteroatoms. The van der Waals surface area contributed by atoms with Gasteiger partial charge in [0.15, 0.2) is 0 Å². The summed E-state index contributed by atoms with van der Waals surface area (Å²) in [7, 11) is 1.69. The Labute approximate surface area is 119 Å². The van der Waals surface area contributed by atoms with E-state index in [0.29, 0.717) is 5.65 Å². The number of carboxylic acids is 1. The summed E-state index contributed by atoms with van der Waals surface area (Å²) < 4.78 is 2.74. The Morgan fingerprint density at radius 3 is 2.67 bits per heavy atom. The highest BCUT2D eigenvalue weighted by atomic mass is 16.4. The number of benzene rings is 1. The number of nitrogens with zero attached hydrogens (tertiary/aromatic N) is 3. The number of aromatic nitrogens is 3. The van der Waals surface area contributed by atoms with Crippen molar-refractivity contribution in [3.63, 3.8) is 0 Å². The molecule has 0 atom stereocenters. The molecule has 3 rings (SSSR count). The monoisotopic (exact) mass is 283 g/mol. The van der Waals surface area contributed by atoms with Gasteiger partial charge in [-0.25, -0.2) is 0 Å². The van der Waals surface area contributed by atoms with Gasteiger partial charge in [0.25, 0.3) is 5.56 Å². The minimum absolute atomic E-state index is 0.354. The Kier molecular flexibility index (Phi) is 3.06. The molecule has 0 radical (unpaired) electrons. The van der Waals surface area contributed by atoms with E-state index in [-0.39, 0.29) is 12.1 Å². The number of aliphatic carboxylic acids is 1. The molecule has 0 aliphatic heterocycles. The van der Waals surface area contributed by atoms with Crippen LogP contribution < -0.4 is 5.56 Å². The van der Waals surface area contributed by atoms with Crippen molar-refractivity contribution in [2.75, 3.05) is 0 Å². The van der Waals surface area contributed by atoms with Gasteiger partial charge < -0.3 is 5.11 Å². The zero-order valence-corrected chi connectivity index (χ0v) is 11.4. The topological polar surface area (TPSA) is 77.1 Å². The third-order valence-electron chi connectivity index (χ3n) is 3.37. The van der Waals surface area contributed by atoms with E-state index in [9.17, 15) is 9.59 Å². The minimum Gasteiger partial charge on any atom is -0.480 e. The van der Waals surface area contributed by atoms with Gasteiger partial charge in [0.2, 0.25) is 0 Å². The first-order valence-electron chi connectivity index (χ1n) is 6.40. The van der Waals surface area contributed by atoms with Crippen LogP contribution >= 0.6 is 0 Å². The molecule has 0 fully saturated rings. The van der Waals surface area contributed by atoms with Crippen LogP contribution in [0.3, 0.4) is 0 Å². The average molecular weight is 283 g/mol. The van der Waals surface area contributed by atoms with Crippen molar-refractivity contribution in [3.8, 4) is 11.1 Å². The number of carboxylic acid groups (broad SMARTS) is 1. The third-order valence-corrected chi connectivity index (χ3v) is 3.37. The first-order chi connectivity index (χ1) is 10.1. The quantitative estimate of drug-likeness (QED) is 0.790. The normalized spacial score (nSPS) is 10.9. The molecular formula is C15H13N3O3. The van der Waals surface area contributed by atoms with Crippen LogP contribution in [0.1, 0.15) is 0 Å². The zero-order chi connectivity index (χ0) is 15.0. The van der Waals surface area contributed by atoms with Crippen LogP contribution in [-0.4, -0.2) is 25.4 Å². The largest absolute Gasteiger partial charge is 0.480 e. The van der Waals surface area contributed by atoms with E-state index in [4.69, 9.17) is 5.11 Å². The molecule has 6 nitrogen and oxygen atoms in total. The summed E-state index contributed by atoms with van der Waals surface area (Å²) >= 11 is 0. The number of hydrogen-bond donors (Lipinski definition) is 1. The van der Waals surface area contributed by atoms with Crippen molar-refractivity contribution in [2.45, 2.75) is 6.54 Å². The molecule has 3 aromatic rings. The van der Waals surface area contributed by atoms with Gasteiger partial charge in [0, 0.05) is 18.5 Å². The third kappa shape index (κ3) is 2.20. The number of fused-ring (bicyclic) bond motifs is 1. The van der Waals surface area contributed by atoms with Crippen LogP contribution in [-0.2, 0) is 18.4 Å². The van der Waals surface area contributed by atoms with E-state index >= 15 is 0 Å². The highest BCUT2D eigenvalue weighted by molar-refractivity contribution is 5.93. The maximum absolute atomic E-state index is 12.3. The van der Waals surface area contributed by atoms with Gasteiger partial charge in [-0.1, -0.05) is 30.3 Å². The summed E-state index contributed by atoms with van der Waals surface area (Å²) in [6, 6.07) is 10.9. The Morgan fingerprint density at radius 1 is 1.29 bits per heavy atom. The van der Waals surface area contributed by atoms with Crippen molar-refractivity contribution in [1.29, 1.82) is 0 Å². The fraction of sp³-hybridized carbons (Fsp3) is 0.133. The van der Waals surface area contributed by atoms with Crippen LogP contribution in [0.25, 0.3) is 22.2 Å². The smallest absolute Gasteiger partial charge is 0.323 e.